The van der Waals surface area contributed by atoms with Crippen molar-refractivity contribution in [2.24, 2.45) is 0 Å². The minimum absolute atomic E-state index is 0.220. The van der Waals surface area contributed by atoms with Gasteiger partial charge < -0.3 is 16.0 Å². The van der Waals surface area contributed by atoms with E-state index in [1.807, 2.05) is 78.9 Å². The first kappa shape index (κ1) is 17.8. The van der Waals surface area contributed by atoms with Gasteiger partial charge in [0.15, 0.2) is 0 Å². The Morgan fingerprint density at radius 2 is 1.38 bits per heavy atom. The molecule has 0 bridgehead atoms. The molecule has 3 aromatic carbocycles. The molecule has 0 heterocycles. The summed E-state index contributed by atoms with van der Waals surface area (Å²) in [6.45, 7) is 0.557. The fourth-order valence-corrected chi connectivity index (χ4v) is 2.60. The summed E-state index contributed by atoms with van der Waals surface area (Å²) in [5.41, 5.74) is 3.86. The third kappa shape index (κ3) is 5.53. The second-order valence-electron chi connectivity index (χ2n) is 5.83. The van der Waals surface area contributed by atoms with Crippen LogP contribution < -0.4 is 16.0 Å². The standard InChI is InChI=1S/C21H20ClN3O/c22-17-8-6-16(7-9-17)14-15-23-21(26)25-20-12-10-19(11-13-20)24-18-4-2-1-3-5-18/h1-13,24H,14-15H2,(H2,23,25,26). The highest BCUT2D eigenvalue weighted by Gasteiger charge is 2.02. The number of urea groups is 1. The minimum atomic E-state index is -0.220. The summed E-state index contributed by atoms with van der Waals surface area (Å²) in [5, 5.41) is 9.70. The Bertz CT molecular complexity index is 833. The Hall–Kier alpha value is -2.98. The van der Waals surface area contributed by atoms with Crippen molar-refractivity contribution in [2.75, 3.05) is 17.2 Å². The van der Waals surface area contributed by atoms with Crippen LogP contribution in [-0.4, -0.2) is 12.6 Å². The maximum atomic E-state index is 12.0. The molecule has 3 aromatic rings. The maximum absolute atomic E-state index is 12.0. The van der Waals surface area contributed by atoms with Gasteiger partial charge in [0.25, 0.3) is 0 Å². The summed E-state index contributed by atoms with van der Waals surface area (Å²) >= 11 is 5.86. The molecule has 0 saturated heterocycles. The molecule has 5 heteroatoms. The fourth-order valence-electron chi connectivity index (χ4n) is 2.47. The van der Waals surface area contributed by atoms with E-state index in [4.69, 9.17) is 11.6 Å². The second-order valence-corrected chi connectivity index (χ2v) is 6.26. The molecule has 0 aromatic heterocycles. The normalized spacial score (nSPS) is 10.2. The van der Waals surface area contributed by atoms with Gasteiger partial charge in [-0.05, 0) is 60.5 Å². The van der Waals surface area contributed by atoms with Crippen LogP contribution in [0.25, 0.3) is 0 Å². The summed E-state index contributed by atoms with van der Waals surface area (Å²) in [6.07, 6.45) is 0.754. The molecule has 3 rings (SSSR count). The number of benzene rings is 3. The minimum Gasteiger partial charge on any atom is -0.356 e. The predicted molar refractivity (Wildman–Crippen MR) is 108 cm³/mol. The van der Waals surface area contributed by atoms with E-state index in [2.05, 4.69) is 16.0 Å². The van der Waals surface area contributed by atoms with Gasteiger partial charge >= 0.3 is 6.03 Å². The highest BCUT2D eigenvalue weighted by Crippen LogP contribution is 2.18. The lowest BCUT2D eigenvalue weighted by molar-refractivity contribution is 0.252. The van der Waals surface area contributed by atoms with Gasteiger partial charge in [0.1, 0.15) is 0 Å². The van der Waals surface area contributed by atoms with E-state index in [0.29, 0.717) is 11.6 Å². The van der Waals surface area contributed by atoms with Crippen LogP contribution in [0.4, 0.5) is 21.9 Å². The molecule has 3 N–H and O–H groups in total. The summed E-state index contributed by atoms with van der Waals surface area (Å²) in [7, 11) is 0. The van der Waals surface area contributed by atoms with Crippen molar-refractivity contribution < 1.29 is 4.79 Å². The zero-order chi connectivity index (χ0) is 18.2. The number of para-hydroxylation sites is 1. The number of halogens is 1. The summed E-state index contributed by atoms with van der Waals surface area (Å²) < 4.78 is 0. The average molecular weight is 366 g/mol. The van der Waals surface area contributed by atoms with Crippen LogP contribution in [0, 0.1) is 0 Å². The van der Waals surface area contributed by atoms with Crippen molar-refractivity contribution in [1.82, 2.24) is 5.32 Å². The zero-order valence-electron chi connectivity index (χ0n) is 14.2. The third-order valence-electron chi connectivity index (χ3n) is 3.82. The number of nitrogens with one attached hydrogen (secondary N) is 3. The number of hydrogen-bond acceptors (Lipinski definition) is 2. The van der Waals surface area contributed by atoms with Crippen molar-refractivity contribution in [3.05, 3.63) is 89.4 Å². The molecule has 26 heavy (non-hydrogen) atoms. The first-order valence-electron chi connectivity index (χ1n) is 8.40. The molecule has 132 valence electrons. The van der Waals surface area contributed by atoms with Crippen molar-refractivity contribution in [3.8, 4) is 0 Å². The van der Waals surface area contributed by atoms with Crippen LogP contribution in [0.1, 0.15) is 5.56 Å². The topological polar surface area (TPSA) is 53.2 Å². The highest BCUT2D eigenvalue weighted by molar-refractivity contribution is 6.30. The molecule has 0 aliphatic heterocycles. The smallest absolute Gasteiger partial charge is 0.319 e. The van der Waals surface area contributed by atoms with E-state index >= 15 is 0 Å². The Balaban J connectivity index is 1.44. The van der Waals surface area contributed by atoms with Crippen molar-refractivity contribution in [2.45, 2.75) is 6.42 Å². The van der Waals surface area contributed by atoms with E-state index in [9.17, 15) is 4.79 Å². The highest BCUT2D eigenvalue weighted by atomic mass is 35.5. The van der Waals surface area contributed by atoms with E-state index in [0.717, 1.165) is 29.0 Å². The van der Waals surface area contributed by atoms with Gasteiger partial charge in [-0.3, -0.25) is 0 Å². The molecule has 0 radical (unpaired) electrons. The number of amides is 2. The Labute approximate surface area is 158 Å². The molecular formula is C21H20ClN3O. The average Bonchev–Trinajstić information content (AvgIpc) is 2.66. The van der Waals surface area contributed by atoms with Crippen LogP contribution in [0.5, 0.6) is 0 Å². The van der Waals surface area contributed by atoms with Crippen LogP contribution in [0.15, 0.2) is 78.9 Å². The van der Waals surface area contributed by atoms with Gasteiger partial charge in [-0.25, -0.2) is 4.79 Å². The lowest BCUT2D eigenvalue weighted by Gasteiger charge is -2.10. The van der Waals surface area contributed by atoms with Gasteiger partial charge in [0.2, 0.25) is 0 Å². The van der Waals surface area contributed by atoms with Crippen LogP contribution in [0.2, 0.25) is 5.02 Å². The lowest BCUT2D eigenvalue weighted by atomic mass is 10.1. The second kappa shape index (κ2) is 8.92. The van der Waals surface area contributed by atoms with Crippen LogP contribution in [0.3, 0.4) is 0 Å². The van der Waals surface area contributed by atoms with E-state index in [1.165, 1.54) is 0 Å². The monoisotopic (exact) mass is 365 g/mol. The van der Waals surface area contributed by atoms with Crippen LogP contribution >= 0.6 is 11.6 Å². The quantitative estimate of drug-likeness (QED) is 0.544. The zero-order valence-corrected chi connectivity index (χ0v) is 15.0. The molecule has 0 unspecified atom stereocenters. The summed E-state index contributed by atoms with van der Waals surface area (Å²) in [5.74, 6) is 0. The predicted octanol–water partition coefficient (Wildman–Crippen LogP) is 5.45. The van der Waals surface area contributed by atoms with Gasteiger partial charge in [0, 0.05) is 28.6 Å². The van der Waals surface area contributed by atoms with E-state index in [-0.39, 0.29) is 6.03 Å². The molecule has 0 spiro atoms. The van der Waals surface area contributed by atoms with Gasteiger partial charge in [-0.15, -0.1) is 0 Å². The Kier molecular flexibility index (Phi) is 6.12. The largest absolute Gasteiger partial charge is 0.356 e. The van der Waals surface area contributed by atoms with Crippen molar-refractivity contribution >= 4 is 34.7 Å². The molecule has 0 saturated carbocycles. The molecule has 2 amide bonds. The summed E-state index contributed by atoms with van der Waals surface area (Å²) in [6, 6.07) is 24.9. The van der Waals surface area contributed by atoms with E-state index in [1.54, 1.807) is 0 Å². The maximum Gasteiger partial charge on any atom is 0.319 e. The molecule has 0 aliphatic carbocycles. The third-order valence-corrected chi connectivity index (χ3v) is 4.07. The number of rotatable bonds is 6. The Morgan fingerprint density at radius 3 is 2.08 bits per heavy atom. The first-order chi connectivity index (χ1) is 12.7. The molecule has 0 atom stereocenters. The SMILES string of the molecule is O=C(NCCc1ccc(Cl)cc1)Nc1ccc(Nc2ccccc2)cc1. The summed E-state index contributed by atoms with van der Waals surface area (Å²) in [4.78, 5) is 12.0. The number of carbonyl (C=O) groups excluding carboxylic acids is 1. The molecular weight excluding hydrogens is 346 g/mol. The lowest BCUT2D eigenvalue weighted by Crippen LogP contribution is -2.30. The molecule has 0 aliphatic rings. The van der Waals surface area contributed by atoms with Gasteiger partial charge in [-0.1, -0.05) is 41.9 Å². The fraction of sp³-hybridized carbons (Fsp3) is 0.0952. The van der Waals surface area contributed by atoms with Gasteiger partial charge in [-0.2, -0.15) is 0 Å². The molecule has 4 nitrogen and oxygen atoms in total. The Morgan fingerprint density at radius 1 is 0.769 bits per heavy atom. The number of carbonyl (C=O) groups is 1. The number of hydrogen-bond donors (Lipinski definition) is 3. The van der Waals surface area contributed by atoms with Gasteiger partial charge in [0.05, 0.1) is 0 Å². The number of anilines is 3. The molecule has 0 fully saturated rings. The van der Waals surface area contributed by atoms with Crippen molar-refractivity contribution in [3.63, 3.8) is 0 Å². The van der Waals surface area contributed by atoms with Crippen molar-refractivity contribution in [1.29, 1.82) is 0 Å². The van der Waals surface area contributed by atoms with E-state index < -0.39 is 0 Å². The van der Waals surface area contributed by atoms with Crippen LogP contribution in [-0.2, 0) is 6.42 Å². The first-order valence-corrected chi connectivity index (χ1v) is 8.78.